The third-order valence-corrected chi connectivity index (χ3v) is 5.48. The van der Waals surface area contributed by atoms with Crippen LogP contribution in [0.5, 0.6) is 0 Å². The van der Waals surface area contributed by atoms with Gasteiger partial charge in [-0.1, -0.05) is 60.7 Å². The Morgan fingerprint density at radius 1 is 0.902 bits per heavy atom. The second-order valence-electron chi connectivity index (χ2n) is 8.78. The lowest BCUT2D eigenvalue weighted by atomic mass is 9.99. The molecule has 3 rings (SSSR count). The molecule has 41 heavy (non-hydrogen) atoms. The Balaban J connectivity index is 1.58. The first-order chi connectivity index (χ1) is 19.5. The molecule has 0 aliphatic rings. The number of alkyl carbamates (subject to hydrolysis) is 1. The highest BCUT2D eigenvalue weighted by Crippen LogP contribution is 2.24. The Kier molecular flexibility index (Phi) is 10.8. The van der Waals surface area contributed by atoms with Crippen LogP contribution in [0.4, 0.5) is 23.8 Å². The van der Waals surface area contributed by atoms with Crippen molar-refractivity contribution in [3.8, 4) is 11.1 Å². The van der Waals surface area contributed by atoms with E-state index in [1.54, 1.807) is 55.6 Å². The summed E-state index contributed by atoms with van der Waals surface area (Å²) >= 11 is 0. The van der Waals surface area contributed by atoms with Crippen LogP contribution in [-0.4, -0.2) is 54.3 Å². The van der Waals surface area contributed by atoms with Gasteiger partial charge in [-0.3, -0.25) is 9.59 Å². The minimum atomic E-state index is -5.36. The van der Waals surface area contributed by atoms with E-state index in [4.69, 9.17) is 4.74 Å². The molecule has 3 aromatic rings. The van der Waals surface area contributed by atoms with Gasteiger partial charge in [0.1, 0.15) is 19.0 Å². The van der Waals surface area contributed by atoms with Crippen molar-refractivity contribution >= 4 is 29.8 Å². The molecule has 3 N–H and O–H groups in total. The van der Waals surface area contributed by atoms with Gasteiger partial charge in [0.05, 0.1) is 18.5 Å². The highest BCUT2D eigenvalue weighted by atomic mass is 19.4. The van der Waals surface area contributed by atoms with Crippen LogP contribution in [0, 0.1) is 0 Å². The van der Waals surface area contributed by atoms with E-state index in [1.807, 2.05) is 30.3 Å². The van der Waals surface area contributed by atoms with Gasteiger partial charge in [-0.15, -0.1) is 0 Å². The number of halogens is 3. The SMILES string of the molecule is CC(COC(=O)NCC(=O)NC(CC(=O)OC(=O)C(F)(F)F)c1ccc(-c2ccccc2)cc1)Nc1ccccn1. The largest absolute Gasteiger partial charge is 0.491 e. The monoisotopic (exact) mass is 572 g/mol. The number of alkyl halides is 3. The predicted molar refractivity (Wildman–Crippen MR) is 141 cm³/mol. The molecule has 1 aromatic heterocycles. The number of carbonyl (C=O) groups excluding carboxylic acids is 4. The number of benzene rings is 2. The van der Waals surface area contributed by atoms with Crippen molar-refractivity contribution < 1.29 is 41.8 Å². The van der Waals surface area contributed by atoms with Gasteiger partial charge in [0.2, 0.25) is 5.91 Å². The van der Waals surface area contributed by atoms with Gasteiger partial charge in [-0.2, -0.15) is 13.2 Å². The van der Waals surface area contributed by atoms with Crippen LogP contribution in [0.25, 0.3) is 11.1 Å². The maximum atomic E-state index is 12.6. The summed E-state index contributed by atoms with van der Waals surface area (Å²) < 4.78 is 46.5. The van der Waals surface area contributed by atoms with E-state index in [2.05, 4.69) is 25.7 Å². The molecule has 0 saturated heterocycles. The number of pyridine rings is 1. The summed E-state index contributed by atoms with van der Waals surface area (Å²) in [6.45, 7) is 1.15. The van der Waals surface area contributed by atoms with Crippen LogP contribution in [0.2, 0.25) is 0 Å². The molecule has 2 aromatic carbocycles. The Bertz CT molecular complexity index is 1320. The van der Waals surface area contributed by atoms with E-state index in [0.717, 1.165) is 11.1 Å². The van der Waals surface area contributed by atoms with Gasteiger partial charge in [-0.05, 0) is 35.7 Å². The average molecular weight is 573 g/mol. The first-order valence-corrected chi connectivity index (χ1v) is 12.4. The number of nitrogens with zero attached hydrogens (tertiary/aromatic N) is 1. The van der Waals surface area contributed by atoms with Gasteiger partial charge < -0.3 is 25.4 Å². The predicted octanol–water partition coefficient (Wildman–Crippen LogP) is 4.15. The highest BCUT2D eigenvalue weighted by Gasteiger charge is 2.42. The Hall–Kier alpha value is -4.94. The number of hydrogen-bond acceptors (Lipinski definition) is 8. The van der Waals surface area contributed by atoms with Gasteiger partial charge >= 0.3 is 24.2 Å². The standard InChI is InChI=1S/C28H27F3N4O6/c1-18(34-23-9-5-6-14-32-23)17-40-27(39)33-16-24(36)35-22(15-25(37)41-26(38)28(29,30)31)21-12-10-20(11-13-21)19-7-3-2-4-8-19/h2-14,18,22H,15-17H2,1H3,(H,32,34)(H,33,39)(H,35,36). The van der Waals surface area contributed by atoms with E-state index in [-0.39, 0.29) is 12.6 Å². The molecule has 0 aliphatic carbocycles. The van der Waals surface area contributed by atoms with Crippen molar-refractivity contribution in [1.29, 1.82) is 0 Å². The Morgan fingerprint density at radius 2 is 1.56 bits per heavy atom. The van der Waals surface area contributed by atoms with Crippen molar-refractivity contribution in [1.82, 2.24) is 15.6 Å². The molecule has 13 heteroatoms. The quantitative estimate of drug-likeness (QED) is 0.230. The zero-order valence-corrected chi connectivity index (χ0v) is 21.8. The van der Waals surface area contributed by atoms with Gasteiger partial charge in [0.15, 0.2) is 0 Å². The van der Waals surface area contributed by atoms with E-state index >= 15 is 0 Å². The second kappa shape index (κ2) is 14.4. The lowest BCUT2D eigenvalue weighted by Gasteiger charge is -2.19. The number of amides is 2. The fourth-order valence-corrected chi connectivity index (χ4v) is 3.55. The van der Waals surface area contributed by atoms with Crippen molar-refractivity contribution in [3.63, 3.8) is 0 Å². The minimum Gasteiger partial charge on any atom is -0.447 e. The topological polar surface area (TPSA) is 136 Å². The first kappa shape index (κ1) is 30.6. The number of carbonyl (C=O) groups is 4. The van der Waals surface area contributed by atoms with E-state index in [0.29, 0.717) is 11.4 Å². The molecule has 0 radical (unpaired) electrons. The minimum absolute atomic E-state index is 0.0422. The molecule has 10 nitrogen and oxygen atoms in total. The molecule has 0 fully saturated rings. The molecule has 2 atom stereocenters. The summed E-state index contributed by atoms with van der Waals surface area (Å²) in [6, 6.07) is 19.6. The van der Waals surface area contributed by atoms with Crippen LogP contribution in [0.1, 0.15) is 24.9 Å². The van der Waals surface area contributed by atoms with Crippen molar-refractivity contribution in [2.45, 2.75) is 31.6 Å². The average Bonchev–Trinajstić information content (AvgIpc) is 2.95. The van der Waals surface area contributed by atoms with Crippen molar-refractivity contribution in [3.05, 3.63) is 84.6 Å². The molecule has 0 spiro atoms. The van der Waals surface area contributed by atoms with Crippen molar-refractivity contribution in [2.24, 2.45) is 0 Å². The molecule has 2 amide bonds. The zero-order chi connectivity index (χ0) is 29.8. The molecule has 1 heterocycles. The molecule has 2 unspecified atom stereocenters. The lowest BCUT2D eigenvalue weighted by Crippen LogP contribution is -2.40. The number of nitrogens with one attached hydrogen (secondary N) is 3. The molecular formula is C28H27F3N4O6. The van der Waals surface area contributed by atoms with Crippen molar-refractivity contribution in [2.75, 3.05) is 18.5 Å². The summed E-state index contributed by atoms with van der Waals surface area (Å²) in [7, 11) is 0. The number of aromatic nitrogens is 1. The van der Waals surface area contributed by atoms with Gasteiger partial charge in [0.25, 0.3) is 0 Å². The fraction of sp³-hybridized carbons (Fsp3) is 0.250. The Morgan fingerprint density at radius 3 is 2.20 bits per heavy atom. The molecule has 0 saturated carbocycles. The lowest BCUT2D eigenvalue weighted by molar-refractivity contribution is -0.202. The zero-order valence-electron chi connectivity index (χ0n) is 21.8. The van der Waals surface area contributed by atoms with E-state index in [9.17, 15) is 32.3 Å². The maximum absolute atomic E-state index is 12.6. The summed E-state index contributed by atoms with van der Waals surface area (Å²) in [5.74, 6) is -4.34. The van der Waals surface area contributed by atoms with Crippen LogP contribution in [-0.2, 0) is 23.9 Å². The number of hydrogen-bond donors (Lipinski definition) is 3. The molecule has 216 valence electrons. The summed E-state index contributed by atoms with van der Waals surface area (Å²) in [5, 5.41) is 7.75. The summed E-state index contributed by atoms with van der Waals surface area (Å²) in [4.78, 5) is 51.9. The number of anilines is 1. The normalized spacial score (nSPS) is 12.4. The fourth-order valence-electron chi connectivity index (χ4n) is 3.55. The van der Waals surface area contributed by atoms with Crippen LogP contribution >= 0.6 is 0 Å². The van der Waals surface area contributed by atoms with Gasteiger partial charge in [-0.25, -0.2) is 14.6 Å². The maximum Gasteiger partial charge on any atom is 0.491 e. The van der Waals surface area contributed by atoms with Gasteiger partial charge in [0, 0.05) is 6.20 Å². The third kappa shape index (κ3) is 10.3. The number of esters is 2. The summed E-state index contributed by atoms with van der Waals surface area (Å²) in [5.41, 5.74) is 2.05. The van der Waals surface area contributed by atoms with Crippen LogP contribution in [0.3, 0.4) is 0 Å². The number of rotatable bonds is 11. The smallest absolute Gasteiger partial charge is 0.447 e. The number of ether oxygens (including phenoxy) is 2. The van der Waals surface area contributed by atoms with Crippen LogP contribution in [0.15, 0.2) is 79.0 Å². The molecule has 0 aliphatic heterocycles. The third-order valence-electron chi connectivity index (χ3n) is 5.48. The molecule has 0 bridgehead atoms. The van der Waals surface area contributed by atoms with E-state index in [1.165, 1.54) is 0 Å². The Labute approximate surface area is 233 Å². The summed E-state index contributed by atoms with van der Waals surface area (Å²) in [6.07, 6.45) is -5.44. The highest BCUT2D eigenvalue weighted by molar-refractivity contribution is 5.89. The van der Waals surface area contributed by atoms with Crippen LogP contribution < -0.4 is 16.0 Å². The first-order valence-electron chi connectivity index (χ1n) is 12.4. The van der Waals surface area contributed by atoms with E-state index < -0.39 is 49.1 Å². The molecular weight excluding hydrogens is 545 g/mol. The second-order valence-corrected chi connectivity index (χ2v) is 8.78.